The van der Waals surface area contributed by atoms with Gasteiger partial charge in [0.25, 0.3) is 0 Å². The van der Waals surface area contributed by atoms with E-state index < -0.39 is 17.5 Å². The first kappa shape index (κ1) is 12.9. The molecule has 0 amide bonds. The van der Waals surface area contributed by atoms with E-state index in [1.165, 1.54) is 11.3 Å². The number of nitrogens with one attached hydrogen (secondary N) is 1. The van der Waals surface area contributed by atoms with E-state index >= 15 is 0 Å². The van der Waals surface area contributed by atoms with E-state index in [9.17, 15) is 13.2 Å². The molecule has 96 valence electrons. The Balaban J connectivity index is 2.06. The number of aromatic nitrogens is 1. The van der Waals surface area contributed by atoms with Gasteiger partial charge in [0.1, 0.15) is 0 Å². The summed E-state index contributed by atoms with van der Waals surface area (Å²) >= 11 is 1.53. The molecule has 0 unspecified atom stereocenters. The molecule has 1 aromatic carbocycles. The van der Waals surface area contributed by atoms with E-state index in [4.69, 9.17) is 0 Å². The van der Waals surface area contributed by atoms with E-state index in [1.54, 1.807) is 6.20 Å². The van der Waals surface area contributed by atoms with Crippen molar-refractivity contribution >= 4 is 17.0 Å². The van der Waals surface area contributed by atoms with Gasteiger partial charge in [0.05, 0.1) is 11.6 Å². The Morgan fingerprint density at radius 1 is 1.22 bits per heavy atom. The fourth-order valence-corrected chi connectivity index (χ4v) is 2.24. The molecule has 0 bridgehead atoms. The number of anilines is 1. The van der Waals surface area contributed by atoms with Gasteiger partial charge in [0.2, 0.25) is 0 Å². The molecule has 0 fully saturated rings. The second kappa shape index (κ2) is 5.39. The lowest BCUT2D eigenvalue weighted by Gasteiger charge is -2.05. The Labute approximate surface area is 106 Å². The van der Waals surface area contributed by atoms with Crippen LogP contribution in [-0.4, -0.2) is 4.98 Å². The molecule has 0 spiro atoms. The smallest absolute Gasteiger partial charge is 0.194 e. The zero-order chi connectivity index (χ0) is 13.1. The quantitative estimate of drug-likeness (QED) is 0.858. The zero-order valence-electron chi connectivity index (χ0n) is 9.64. The lowest BCUT2D eigenvalue weighted by atomic mass is 10.3. The predicted octanol–water partition coefficient (Wildman–Crippen LogP) is 3.73. The van der Waals surface area contributed by atoms with Crippen LogP contribution in [0.25, 0.3) is 0 Å². The van der Waals surface area contributed by atoms with Crippen molar-refractivity contribution < 1.29 is 13.2 Å². The third-order valence-electron chi connectivity index (χ3n) is 2.35. The molecule has 0 aliphatic heterocycles. The Kier molecular flexibility index (Phi) is 3.86. The first-order valence-electron chi connectivity index (χ1n) is 5.42. The molecule has 0 aliphatic carbocycles. The van der Waals surface area contributed by atoms with Gasteiger partial charge in [0.15, 0.2) is 17.5 Å². The normalized spacial score (nSPS) is 10.7. The van der Waals surface area contributed by atoms with Crippen molar-refractivity contribution in [2.24, 2.45) is 0 Å². The number of rotatable bonds is 4. The summed E-state index contributed by atoms with van der Waals surface area (Å²) in [7, 11) is 0. The minimum Gasteiger partial charge on any atom is -0.380 e. The highest BCUT2D eigenvalue weighted by molar-refractivity contribution is 7.11. The van der Waals surface area contributed by atoms with Crippen LogP contribution in [0.3, 0.4) is 0 Å². The van der Waals surface area contributed by atoms with Crippen molar-refractivity contribution in [1.82, 2.24) is 4.98 Å². The first-order chi connectivity index (χ1) is 8.60. The summed E-state index contributed by atoms with van der Waals surface area (Å²) in [6.07, 6.45) is 2.57. The third-order valence-corrected chi connectivity index (χ3v) is 3.50. The van der Waals surface area contributed by atoms with Gasteiger partial charge >= 0.3 is 0 Å². The van der Waals surface area contributed by atoms with Crippen LogP contribution >= 0.6 is 11.3 Å². The minimum atomic E-state index is -1.45. The van der Waals surface area contributed by atoms with Crippen molar-refractivity contribution in [1.29, 1.82) is 0 Å². The number of benzene rings is 1. The number of hydrogen-bond donors (Lipinski definition) is 1. The van der Waals surface area contributed by atoms with Crippen LogP contribution in [0.1, 0.15) is 16.8 Å². The summed E-state index contributed by atoms with van der Waals surface area (Å²) in [6, 6.07) is 1.86. The fourth-order valence-electron chi connectivity index (χ4n) is 1.44. The molecular weight excluding hydrogens is 261 g/mol. The van der Waals surface area contributed by atoms with Gasteiger partial charge in [0, 0.05) is 28.9 Å². The monoisotopic (exact) mass is 272 g/mol. The fraction of sp³-hybridized carbons (Fsp3) is 0.250. The van der Waals surface area contributed by atoms with Crippen molar-refractivity contribution in [3.8, 4) is 0 Å². The topological polar surface area (TPSA) is 24.9 Å². The van der Waals surface area contributed by atoms with Crippen LogP contribution in [0.15, 0.2) is 18.3 Å². The highest BCUT2D eigenvalue weighted by Gasteiger charge is 2.10. The summed E-state index contributed by atoms with van der Waals surface area (Å²) in [5.41, 5.74) is 0.206. The van der Waals surface area contributed by atoms with Gasteiger partial charge in [-0.15, -0.1) is 11.3 Å². The highest BCUT2D eigenvalue weighted by Crippen LogP contribution is 2.19. The molecule has 0 saturated carbocycles. The van der Waals surface area contributed by atoms with Gasteiger partial charge in [-0.05, 0) is 6.42 Å². The van der Waals surface area contributed by atoms with Crippen LogP contribution < -0.4 is 5.32 Å². The summed E-state index contributed by atoms with van der Waals surface area (Å²) < 4.78 is 38.7. The van der Waals surface area contributed by atoms with E-state index in [1.807, 2.05) is 6.92 Å². The molecule has 2 aromatic rings. The van der Waals surface area contributed by atoms with E-state index in [0.29, 0.717) is 6.54 Å². The molecule has 0 saturated heterocycles. The largest absolute Gasteiger partial charge is 0.380 e. The molecule has 0 atom stereocenters. The highest BCUT2D eigenvalue weighted by atomic mass is 32.1. The molecule has 0 aliphatic rings. The maximum atomic E-state index is 13.0. The molecule has 2 nitrogen and oxygen atoms in total. The summed E-state index contributed by atoms with van der Waals surface area (Å²) in [4.78, 5) is 5.12. The molecular formula is C12H11F3N2S. The molecule has 18 heavy (non-hydrogen) atoms. The average molecular weight is 272 g/mol. The maximum Gasteiger partial charge on any atom is 0.194 e. The number of hydrogen-bond acceptors (Lipinski definition) is 3. The summed E-state index contributed by atoms with van der Waals surface area (Å²) in [5.74, 6) is -3.85. The first-order valence-corrected chi connectivity index (χ1v) is 6.23. The van der Waals surface area contributed by atoms with Crippen LogP contribution in [0.4, 0.5) is 18.9 Å². The molecule has 6 heteroatoms. The Morgan fingerprint density at radius 3 is 2.44 bits per heavy atom. The van der Waals surface area contributed by atoms with Crippen molar-refractivity contribution in [2.75, 3.05) is 5.32 Å². The second-order valence-corrected chi connectivity index (χ2v) is 4.88. The standard InChI is InChI=1S/C12H11F3N2S/c1-2-11-17-6-8(18-11)5-16-7-3-9(13)12(15)10(14)4-7/h3-4,6,16H,2,5H2,1H3. The van der Waals surface area contributed by atoms with Crippen molar-refractivity contribution in [3.05, 3.63) is 45.7 Å². The van der Waals surface area contributed by atoms with E-state index in [2.05, 4.69) is 10.3 Å². The minimum absolute atomic E-state index is 0.206. The Bertz CT molecular complexity index is 531. The van der Waals surface area contributed by atoms with Crippen LogP contribution in [0, 0.1) is 17.5 Å². The summed E-state index contributed by atoms with van der Waals surface area (Å²) in [5, 5.41) is 3.83. The maximum absolute atomic E-state index is 13.0. The van der Waals surface area contributed by atoms with E-state index in [-0.39, 0.29) is 5.69 Å². The SMILES string of the molecule is CCc1ncc(CNc2cc(F)c(F)c(F)c2)s1. The molecule has 1 aromatic heterocycles. The number of halogens is 3. The molecule has 1 N–H and O–H groups in total. The van der Waals surface area contributed by atoms with Gasteiger partial charge in [-0.2, -0.15) is 0 Å². The van der Waals surface area contributed by atoms with Gasteiger partial charge in [-0.1, -0.05) is 6.92 Å². The third kappa shape index (κ3) is 2.81. The molecule has 1 heterocycles. The van der Waals surface area contributed by atoms with Crippen molar-refractivity contribution in [3.63, 3.8) is 0 Å². The van der Waals surface area contributed by atoms with Crippen LogP contribution in [-0.2, 0) is 13.0 Å². The average Bonchev–Trinajstić information content (AvgIpc) is 2.81. The van der Waals surface area contributed by atoms with Gasteiger partial charge < -0.3 is 5.32 Å². The predicted molar refractivity (Wildman–Crippen MR) is 65.1 cm³/mol. The Hall–Kier alpha value is -1.56. The number of aryl methyl sites for hydroxylation is 1. The number of thiazole rings is 1. The Morgan fingerprint density at radius 2 is 1.89 bits per heavy atom. The lowest BCUT2D eigenvalue weighted by molar-refractivity contribution is 0.447. The van der Waals surface area contributed by atoms with Crippen molar-refractivity contribution in [2.45, 2.75) is 19.9 Å². The molecule has 0 radical (unpaired) electrons. The van der Waals surface area contributed by atoms with E-state index in [0.717, 1.165) is 28.4 Å². The molecule has 2 rings (SSSR count). The second-order valence-electron chi connectivity index (χ2n) is 3.68. The summed E-state index contributed by atoms with van der Waals surface area (Å²) in [6.45, 7) is 2.41. The zero-order valence-corrected chi connectivity index (χ0v) is 10.5. The van der Waals surface area contributed by atoms with Gasteiger partial charge in [-0.3, -0.25) is 0 Å². The van der Waals surface area contributed by atoms with Crippen LogP contribution in [0.5, 0.6) is 0 Å². The number of nitrogens with zero attached hydrogens (tertiary/aromatic N) is 1. The van der Waals surface area contributed by atoms with Gasteiger partial charge in [-0.25, -0.2) is 18.2 Å². The lowest BCUT2D eigenvalue weighted by Crippen LogP contribution is -2.00. The van der Waals surface area contributed by atoms with Crippen LogP contribution in [0.2, 0.25) is 0 Å².